The van der Waals surface area contributed by atoms with Crippen molar-refractivity contribution >= 4 is 11.7 Å². The maximum absolute atomic E-state index is 5.92. The molecule has 1 saturated heterocycles. The third-order valence-corrected chi connectivity index (χ3v) is 8.19. The topological polar surface area (TPSA) is 55.7 Å². The monoisotopic (exact) mass is 516 g/mol. The van der Waals surface area contributed by atoms with E-state index >= 15 is 0 Å². The Morgan fingerprint density at radius 3 is 2.58 bits per heavy atom. The molecule has 38 heavy (non-hydrogen) atoms. The molecule has 7 heteroatoms. The molecule has 1 fully saturated rings. The third kappa shape index (κ3) is 6.05. The Morgan fingerprint density at radius 2 is 1.84 bits per heavy atom. The highest BCUT2D eigenvalue weighted by molar-refractivity contribution is 6.07. The molecule has 3 unspecified atom stereocenters. The molecule has 0 aromatic heterocycles. The average molecular weight is 517 g/mol. The Kier molecular flexibility index (Phi) is 8.34. The molecule has 3 atom stereocenters. The first-order valence-corrected chi connectivity index (χ1v) is 14.1. The lowest BCUT2D eigenvalue weighted by molar-refractivity contribution is 0.119. The number of allylic oxidation sites excluding steroid dienone is 1. The second kappa shape index (κ2) is 11.9. The van der Waals surface area contributed by atoms with Gasteiger partial charge in [0, 0.05) is 52.1 Å². The Labute approximate surface area is 228 Å². The summed E-state index contributed by atoms with van der Waals surface area (Å²) in [4.78, 5) is 17.4. The number of piperazine rings is 1. The zero-order valence-electron chi connectivity index (χ0n) is 23.7. The molecular formula is C31H44N6O. The number of methoxy groups -OCH3 is 1. The van der Waals surface area contributed by atoms with E-state index in [1.165, 1.54) is 16.7 Å². The van der Waals surface area contributed by atoms with Crippen molar-refractivity contribution in [2.75, 3.05) is 47.4 Å². The Bertz CT molecular complexity index is 1140. The lowest BCUT2D eigenvalue weighted by Gasteiger charge is -2.38. The normalized spacial score (nSPS) is 27.2. The van der Waals surface area contributed by atoms with E-state index in [0.717, 1.165) is 62.9 Å². The number of hydrogen-bond donors (Lipinski definition) is 1. The standard InChI is InChI=1S/C31H44N6O/c1-22(2)18-23-8-6-7-9-25(23)21-32-31-30-27(12-13-36(30)4)33-29(34-31)19-24-10-11-26(20-28(24)38-5)37-16-14-35(3)15-17-37/h6-13,22,26-27,30H,14-21H2,1-5H3,(H,32,33,34). The van der Waals surface area contributed by atoms with E-state index in [4.69, 9.17) is 14.7 Å². The summed E-state index contributed by atoms with van der Waals surface area (Å²) in [6, 6.07) is 9.32. The van der Waals surface area contributed by atoms with E-state index in [2.05, 4.69) is 96.7 Å². The zero-order chi connectivity index (χ0) is 26.6. The number of aliphatic imine (C=N–C) groups is 2. The van der Waals surface area contributed by atoms with Crippen LogP contribution in [0.4, 0.5) is 0 Å². The molecule has 5 rings (SSSR count). The molecule has 0 bridgehead atoms. The van der Waals surface area contributed by atoms with E-state index in [9.17, 15) is 0 Å². The number of nitrogens with one attached hydrogen (secondary N) is 1. The van der Waals surface area contributed by atoms with Gasteiger partial charge >= 0.3 is 0 Å². The molecule has 1 N–H and O–H groups in total. The van der Waals surface area contributed by atoms with Crippen LogP contribution in [0.25, 0.3) is 0 Å². The van der Waals surface area contributed by atoms with Gasteiger partial charge in [0.15, 0.2) is 0 Å². The molecule has 0 amide bonds. The van der Waals surface area contributed by atoms with Crippen LogP contribution in [0.5, 0.6) is 0 Å². The average Bonchev–Trinajstić information content (AvgIpc) is 3.29. The van der Waals surface area contributed by atoms with Gasteiger partial charge in [-0.3, -0.25) is 14.9 Å². The van der Waals surface area contributed by atoms with Gasteiger partial charge in [0.2, 0.25) is 0 Å². The molecule has 0 radical (unpaired) electrons. The maximum Gasteiger partial charge on any atom is 0.127 e. The van der Waals surface area contributed by atoms with E-state index in [-0.39, 0.29) is 12.1 Å². The largest absolute Gasteiger partial charge is 0.501 e. The lowest BCUT2D eigenvalue weighted by atomic mass is 9.96. The van der Waals surface area contributed by atoms with Crippen molar-refractivity contribution < 1.29 is 4.74 Å². The number of benzene rings is 1. The molecule has 1 aromatic carbocycles. The number of likely N-dealkylation sites (N-methyl/N-ethyl adjacent to an activating group) is 2. The van der Waals surface area contributed by atoms with Crippen LogP contribution >= 0.6 is 0 Å². The van der Waals surface area contributed by atoms with E-state index in [1.807, 2.05) is 0 Å². The summed E-state index contributed by atoms with van der Waals surface area (Å²) in [6.07, 6.45) is 11.7. The van der Waals surface area contributed by atoms with Gasteiger partial charge in [-0.25, -0.2) is 0 Å². The van der Waals surface area contributed by atoms with Crippen molar-refractivity contribution in [1.29, 1.82) is 0 Å². The third-order valence-electron chi connectivity index (χ3n) is 8.19. The predicted molar refractivity (Wildman–Crippen MR) is 156 cm³/mol. The van der Waals surface area contributed by atoms with Crippen molar-refractivity contribution in [3.63, 3.8) is 0 Å². The van der Waals surface area contributed by atoms with Gasteiger partial charge in [0.05, 0.1) is 19.7 Å². The second-order valence-electron chi connectivity index (χ2n) is 11.5. The smallest absolute Gasteiger partial charge is 0.127 e. The minimum atomic E-state index is 0.0816. The first kappa shape index (κ1) is 26.7. The van der Waals surface area contributed by atoms with Crippen LogP contribution in [0.2, 0.25) is 0 Å². The number of nitrogens with zero attached hydrogens (tertiary/aromatic N) is 5. The zero-order valence-corrected chi connectivity index (χ0v) is 23.7. The van der Waals surface area contributed by atoms with Crippen LogP contribution in [-0.2, 0) is 17.7 Å². The van der Waals surface area contributed by atoms with Gasteiger partial charge in [0.25, 0.3) is 0 Å². The second-order valence-corrected chi connectivity index (χ2v) is 11.5. The summed E-state index contributed by atoms with van der Waals surface area (Å²) in [5.74, 6) is 3.66. The summed E-state index contributed by atoms with van der Waals surface area (Å²) >= 11 is 0. The van der Waals surface area contributed by atoms with Crippen molar-refractivity contribution in [3.8, 4) is 0 Å². The quantitative estimate of drug-likeness (QED) is 0.569. The number of rotatable bonds is 8. The molecule has 1 aromatic rings. The minimum Gasteiger partial charge on any atom is -0.501 e. The lowest BCUT2D eigenvalue weighted by Crippen LogP contribution is -2.52. The summed E-state index contributed by atoms with van der Waals surface area (Å²) in [7, 11) is 6.12. The molecule has 1 aliphatic carbocycles. The highest BCUT2D eigenvalue weighted by atomic mass is 16.5. The maximum atomic E-state index is 5.92. The highest BCUT2D eigenvalue weighted by Gasteiger charge is 2.36. The van der Waals surface area contributed by atoms with Crippen molar-refractivity contribution in [3.05, 3.63) is 71.2 Å². The van der Waals surface area contributed by atoms with Crippen LogP contribution < -0.4 is 5.32 Å². The number of fused-ring (bicyclic) bond motifs is 1. The first-order valence-electron chi connectivity index (χ1n) is 14.1. The van der Waals surface area contributed by atoms with Gasteiger partial charge in [-0.1, -0.05) is 50.3 Å². The Balaban J connectivity index is 1.32. The van der Waals surface area contributed by atoms with Crippen molar-refractivity contribution in [1.82, 2.24) is 20.0 Å². The summed E-state index contributed by atoms with van der Waals surface area (Å²) in [6.45, 7) is 9.68. The fourth-order valence-electron chi connectivity index (χ4n) is 5.98. The van der Waals surface area contributed by atoms with Gasteiger partial charge in [-0.2, -0.15) is 0 Å². The van der Waals surface area contributed by atoms with Gasteiger partial charge in [0.1, 0.15) is 23.5 Å². The van der Waals surface area contributed by atoms with Gasteiger partial charge < -0.3 is 19.9 Å². The van der Waals surface area contributed by atoms with E-state index in [0.29, 0.717) is 18.5 Å². The Hall–Kier alpha value is -2.90. The van der Waals surface area contributed by atoms with Crippen molar-refractivity contribution in [2.24, 2.45) is 15.9 Å². The van der Waals surface area contributed by atoms with Gasteiger partial charge in [-0.05, 0) is 48.4 Å². The predicted octanol–water partition coefficient (Wildman–Crippen LogP) is 3.85. The fraction of sp³-hybridized carbons (Fsp3) is 0.548. The SMILES string of the molecule is COC1=C(CC2=NC3C=CN(C)C3C(=NCc3ccccc3CC(C)C)N2)C=CC(N2CCN(C)CC2)C1. The van der Waals surface area contributed by atoms with E-state index in [1.54, 1.807) is 7.11 Å². The molecule has 3 aliphatic heterocycles. The van der Waals surface area contributed by atoms with Crippen LogP contribution in [0.1, 0.15) is 37.8 Å². The molecular weight excluding hydrogens is 472 g/mol. The molecule has 204 valence electrons. The van der Waals surface area contributed by atoms with Crippen LogP contribution in [-0.4, -0.2) is 91.9 Å². The number of amidine groups is 2. The van der Waals surface area contributed by atoms with Crippen molar-refractivity contribution in [2.45, 2.75) is 57.8 Å². The minimum absolute atomic E-state index is 0.0816. The molecule has 0 saturated carbocycles. The van der Waals surface area contributed by atoms with Gasteiger partial charge in [-0.15, -0.1) is 0 Å². The number of hydrogen-bond acceptors (Lipinski definition) is 6. The summed E-state index contributed by atoms with van der Waals surface area (Å²) in [5.41, 5.74) is 3.90. The first-order chi connectivity index (χ1) is 18.4. The highest BCUT2D eigenvalue weighted by Crippen LogP contribution is 2.28. The number of ether oxygens (including phenoxy) is 1. The molecule has 4 aliphatic rings. The summed E-state index contributed by atoms with van der Waals surface area (Å²) in [5, 5.41) is 3.64. The molecule has 7 nitrogen and oxygen atoms in total. The summed E-state index contributed by atoms with van der Waals surface area (Å²) < 4.78 is 5.92. The van der Waals surface area contributed by atoms with Crippen LogP contribution in [0, 0.1) is 5.92 Å². The van der Waals surface area contributed by atoms with Crippen LogP contribution in [0.3, 0.4) is 0 Å². The Morgan fingerprint density at radius 1 is 1.08 bits per heavy atom. The fourth-order valence-corrected chi connectivity index (χ4v) is 5.98. The van der Waals surface area contributed by atoms with Crippen LogP contribution in [0.15, 0.2) is 70.0 Å². The molecule has 0 spiro atoms. The molecule has 3 heterocycles. The van der Waals surface area contributed by atoms with E-state index < -0.39 is 0 Å².